The summed E-state index contributed by atoms with van der Waals surface area (Å²) in [7, 11) is 0. The van der Waals surface area contributed by atoms with E-state index in [0.717, 1.165) is 47.9 Å². The summed E-state index contributed by atoms with van der Waals surface area (Å²) >= 11 is 3.50. The zero-order valence-corrected chi connectivity index (χ0v) is 13.9. The molecule has 3 rings (SSSR count). The van der Waals surface area contributed by atoms with E-state index < -0.39 is 0 Å². The lowest BCUT2D eigenvalue weighted by atomic mass is 10.1. The standard InChI is InChI=1S/C16H19BrN4O/c17-14-4-3-13(22)11-12(14)5-7-18-15-6-8-19-16(20-15)21-9-1-2-10-21/h3-4,6,8,11,22H,1-2,5,7,9-10H2,(H,18,19,20). The molecule has 116 valence electrons. The first-order valence-electron chi connectivity index (χ1n) is 7.51. The van der Waals surface area contributed by atoms with Crippen LogP contribution in [0.25, 0.3) is 0 Å². The van der Waals surface area contributed by atoms with Gasteiger partial charge in [-0.25, -0.2) is 4.98 Å². The van der Waals surface area contributed by atoms with Crippen LogP contribution in [0.15, 0.2) is 34.9 Å². The van der Waals surface area contributed by atoms with E-state index in [1.165, 1.54) is 12.8 Å². The maximum absolute atomic E-state index is 9.54. The predicted octanol–water partition coefficient (Wildman–Crippen LogP) is 3.20. The minimum Gasteiger partial charge on any atom is -0.508 e. The second-order valence-electron chi connectivity index (χ2n) is 5.39. The average Bonchev–Trinajstić information content (AvgIpc) is 3.05. The molecule has 5 nitrogen and oxygen atoms in total. The number of halogens is 1. The molecule has 6 heteroatoms. The third-order valence-electron chi connectivity index (χ3n) is 3.76. The molecule has 2 heterocycles. The Morgan fingerprint density at radius 3 is 2.86 bits per heavy atom. The molecular weight excluding hydrogens is 344 g/mol. The third-order valence-corrected chi connectivity index (χ3v) is 4.54. The van der Waals surface area contributed by atoms with Gasteiger partial charge >= 0.3 is 0 Å². The number of aromatic hydroxyl groups is 1. The van der Waals surface area contributed by atoms with Crippen LogP contribution in [0, 0.1) is 0 Å². The van der Waals surface area contributed by atoms with Crippen LogP contribution < -0.4 is 10.2 Å². The van der Waals surface area contributed by atoms with Gasteiger partial charge in [0.2, 0.25) is 5.95 Å². The van der Waals surface area contributed by atoms with Gasteiger partial charge in [0, 0.05) is 30.3 Å². The number of nitrogens with one attached hydrogen (secondary N) is 1. The smallest absolute Gasteiger partial charge is 0.227 e. The van der Waals surface area contributed by atoms with E-state index in [-0.39, 0.29) is 5.75 Å². The van der Waals surface area contributed by atoms with Gasteiger partial charge in [0.1, 0.15) is 11.6 Å². The highest BCUT2D eigenvalue weighted by atomic mass is 79.9. The fraction of sp³-hybridized carbons (Fsp3) is 0.375. The first-order valence-corrected chi connectivity index (χ1v) is 8.31. The van der Waals surface area contributed by atoms with Gasteiger partial charge in [-0.3, -0.25) is 0 Å². The summed E-state index contributed by atoms with van der Waals surface area (Å²) in [5, 5.41) is 12.9. The van der Waals surface area contributed by atoms with Crippen molar-refractivity contribution >= 4 is 27.7 Å². The van der Waals surface area contributed by atoms with Crippen molar-refractivity contribution in [1.82, 2.24) is 9.97 Å². The molecule has 1 fully saturated rings. The van der Waals surface area contributed by atoms with Crippen LogP contribution in [0.2, 0.25) is 0 Å². The highest BCUT2D eigenvalue weighted by Gasteiger charge is 2.14. The Morgan fingerprint density at radius 2 is 2.05 bits per heavy atom. The third kappa shape index (κ3) is 3.68. The fourth-order valence-electron chi connectivity index (χ4n) is 2.59. The average molecular weight is 363 g/mol. The summed E-state index contributed by atoms with van der Waals surface area (Å²) in [6.45, 7) is 2.83. The molecule has 1 aliphatic heterocycles. The van der Waals surface area contributed by atoms with E-state index in [1.54, 1.807) is 18.3 Å². The summed E-state index contributed by atoms with van der Waals surface area (Å²) < 4.78 is 1.01. The molecule has 1 aliphatic rings. The van der Waals surface area contributed by atoms with Gasteiger partial charge in [-0.05, 0) is 49.1 Å². The van der Waals surface area contributed by atoms with Crippen molar-refractivity contribution in [3.05, 3.63) is 40.5 Å². The molecular formula is C16H19BrN4O. The number of nitrogens with zero attached hydrogens (tertiary/aromatic N) is 3. The number of rotatable bonds is 5. The van der Waals surface area contributed by atoms with Crippen LogP contribution in [-0.4, -0.2) is 34.7 Å². The minimum absolute atomic E-state index is 0.288. The Labute approximate surface area is 138 Å². The van der Waals surface area contributed by atoms with Crippen molar-refractivity contribution in [1.29, 1.82) is 0 Å². The quantitative estimate of drug-likeness (QED) is 0.854. The molecule has 0 aliphatic carbocycles. The topological polar surface area (TPSA) is 61.3 Å². The molecule has 0 radical (unpaired) electrons. The number of benzene rings is 1. The number of phenolic OH excluding ortho intramolecular Hbond substituents is 1. The van der Waals surface area contributed by atoms with E-state index in [0.29, 0.717) is 0 Å². The summed E-state index contributed by atoms with van der Waals surface area (Å²) in [5.41, 5.74) is 1.07. The molecule has 22 heavy (non-hydrogen) atoms. The molecule has 0 spiro atoms. The maximum atomic E-state index is 9.54. The molecule has 0 atom stereocenters. The summed E-state index contributed by atoms with van der Waals surface area (Å²) in [4.78, 5) is 11.1. The number of aromatic nitrogens is 2. The van der Waals surface area contributed by atoms with Crippen molar-refractivity contribution in [2.75, 3.05) is 29.9 Å². The molecule has 2 aromatic rings. The van der Waals surface area contributed by atoms with E-state index >= 15 is 0 Å². The minimum atomic E-state index is 0.288. The van der Waals surface area contributed by atoms with E-state index in [9.17, 15) is 5.11 Å². The predicted molar refractivity (Wildman–Crippen MR) is 91.5 cm³/mol. The zero-order chi connectivity index (χ0) is 15.4. The molecule has 1 saturated heterocycles. The molecule has 0 amide bonds. The Hall–Kier alpha value is -1.82. The fourth-order valence-corrected chi connectivity index (χ4v) is 3.04. The molecule has 1 aromatic heterocycles. The van der Waals surface area contributed by atoms with Gasteiger partial charge in [0.15, 0.2) is 0 Å². The highest BCUT2D eigenvalue weighted by Crippen LogP contribution is 2.22. The summed E-state index contributed by atoms with van der Waals surface area (Å²) in [6, 6.07) is 7.20. The van der Waals surface area contributed by atoms with Crippen LogP contribution in [0.3, 0.4) is 0 Å². The summed E-state index contributed by atoms with van der Waals surface area (Å²) in [6.07, 6.45) is 5.03. The van der Waals surface area contributed by atoms with Crippen LogP contribution in [0.5, 0.6) is 5.75 Å². The monoisotopic (exact) mass is 362 g/mol. The van der Waals surface area contributed by atoms with E-state index in [1.807, 2.05) is 12.1 Å². The lowest BCUT2D eigenvalue weighted by molar-refractivity contribution is 0.474. The number of hydrogen-bond donors (Lipinski definition) is 2. The van der Waals surface area contributed by atoms with Crippen molar-refractivity contribution in [3.63, 3.8) is 0 Å². The Kier molecular flexibility index (Phi) is 4.77. The Morgan fingerprint density at radius 1 is 1.23 bits per heavy atom. The van der Waals surface area contributed by atoms with E-state index in [2.05, 4.69) is 36.1 Å². The second-order valence-corrected chi connectivity index (χ2v) is 6.24. The van der Waals surface area contributed by atoms with Crippen molar-refractivity contribution in [2.24, 2.45) is 0 Å². The molecule has 1 aromatic carbocycles. The maximum Gasteiger partial charge on any atom is 0.227 e. The molecule has 0 unspecified atom stereocenters. The molecule has 0 bridgehead atoms. The van der Waals surface area contributed by atoms with Gasteiger partial charge in [0.05, 0.1) is 0 Å². The largest absolute Gasteiger partial charge is 0.508 e. The number of phenols is 1. The summed E-state index contributed by atoms with van der Waals surface area (Å²) in [5.74, 6) is 1.94. The van der Waals surface area contributed by atoms with Crippen molar-refractivity contribution in [3.8, 4) is 5.75 Å². The van der Waals surface area contributed by atoms with Gasteiger partial charge < -0.3 is 15.3 Å². The van der Waals surface area contributed by atoms with Crippen molar-refractivity contribution < 1.29 is 5.11 Å². The van der Waals surface area contributed by atoms with Crippen molar-refractivity contribution in [2.45, 2.75) is 19.3 Å². The Bertz CT molecular complexity index is 644. The van der Waals surface area contributed by atoms with Gasteiger partial charge in [-0.2, -0.15) is 4.98 Å². The molecule has 2 N–H and O–H groups in total. The van der Waals surface area contributed by atoms with Crippen LogP contribution >= 0.6 is 15.9 Å². The van der Waals surface area contributed by atoms with Crippen LogP contribution in [0.1, 0.15) is 18.4 Å². The van der Waals surface area contributed by atoms with Crippen LogP contribution in [-0.2, 0) is 6.42 Å². The highest BCUT2D eigenvalue weighted by molar-refractivity contribution is 9.10. The second kappa shape index (κ2) is 6.96. The first kappa shape index (κ1) is 15.1. The van der Waals surface area contributed by atoms with E-state index in [4.69, 9.17) is 0 Å². The lowest BCUT2D eigenvalue weighted by Crippen LogP contribution is -2.21. The lowest BCUT2D eigenvalue weighted by Gasteiger charge is -2.15. The molecule has 0 saturated carbocycles. The van der Waals surface area contributed by atoms with Crippen LogP contribution in [0.4, 0.5) is 11.8 Å². The van der Waals surface area contributed by atoms with Gasteiger partial charge in [0.25, 0.3) is 0 Å². The van der Waals surface area contributed by atoms with Gasteiger partial charge in [-0.1, -0.05) is 15.9 Å². The SMILES string of the molecule is Oc1ccc(Br)c(CCNc2ccnc(N3CCCC3)n2)c1. The zero-order valence-electron chi connectivity index (χ0n) is 12.3. The Balaban J connectivity index is 1.59. The number of anilines is 2. The normalized spacial score (nSPS) is 14.3. The number of hydrogen-bond acceptors (Lipinski definition) is 5. The first-order chi connectivity index (χ1) is 10.7. The van der Waals surface area contributed by atoms with Gasteiger partial charge in [-0.15, -0.1) is 0 Å².